The summed E-state index contributed by atoms with van der Waals surface area (Å²) in [5.74, 6) is 3.03. The van der Waals surface area contributed by atoms with Crippen molar-refractivity contribution < 1.29 is 9.15 Å². The lowest BCUT2D eigenvalue weighted by Gasteiger charge is -2.09. The number of hydrogen-bond acceptors (Lipinski definition) is 7. The lowest BCUT2D eigenvalue weighted by molar-refractivity contribution is 0.185. The second-order valence-electron chi connectivity index (χ2n) is 6.61. The number of ether oxygens (including phenoxy) is 1. The van der Waals surface area contributed by atoms with E-state index in [2.05, 4.69) is 44.9 Å². The molecule has 150 valence electrons. The molecule has 0 aliphatic carbocycles. The Bertz CT molecular complexity index is 1090. The first-order valence-corrected chi connectivity index (χ1v) is 11.1. The predicted octanol–water partition coefficient (Wildman–Crippen LogP) is 5.22. The zero-order chi connectivity index (χ0) is 20.2. The van der Waals surface area contributed by atoms with E-state index in [0.717, 1.165) is 32.9 Å². The number of benzene rings is 1. The highest BCUT2D eigenvalue weighted by Crippen LogP contribution is 2.30. The third-order valence-electron chi connectivity index (χ3n) is 4.47. The first-order valence-electron chi connectivity index (χ1n) is 9.28. The lowest BCUT2D eigenvalue weighted by Crippen LogP contribution is -2.07. The summed E-state index contributed by atoms with van der Waals surface area (Å²) >= 11 is 3.23. The Morgan fingerprint density at radius 2 is 2.07 bits per heavy atom. The normalized spacial score (nSPS) is 11.3. The van der Waals surface area contributed by atoms with Crippen molar-refractivity contribution in [2.45, 2.75) is 31.3 Å². The van der Waals surface area contributed by atoms with Gasteiger partial charge in [-0.15, -0.1) is 21.5 Å². The van der Waals surface area contributed by atoms with Gasteiger partial charge < -0.3 is 9.15 Å². The van der Waals surface area contributed by atoms with Crippen molar-refractivity contribution in [1.82, 2.24) is 19.7 Å². The number of hydrogen-bond donors (Lipinski definition) is 0. The molecule has 0 amide bonds. The monoisotopic (exact) mass is 426 g/mol. The summed E-state index contributed by atoms with van der Waals surface area (Å²) in [6.45, 7) is 5.31. The number of thioether (sulfide) groups is 1. The fraction of sp³-hybridized carbons (Fsp3) is 0.286. The standard InChI is InChI=1S/C21H22N4O2S2/c1-14-6-4-7-16(12-14)19-23-24-21(25(19)9-10-26-3)29-13-17-15(2)27-20(22-17)18-8-5-11-28-18/h4-8,11-12H,9-10,13H2,1-3H3. The second kappa shape index (κ2) is 8.94. The number of rotatable bonds is 8. The maximum atomic E-state index is 5.85. The van der Waals surface area contributed by atoms with Crippen LogP contribution in [0.1, 0.15) is 17.0 Å². The number of thiophene rings is 1. The molecule has 29 heavy (non-hydrogen) atoms. The van der Waals surface area contributed by atoms with Gasteiger partial charge in [-0.2, -0.15) is 0 Å². The quantitative estimate of drug-likeness (QED) is 0.360. The summed E-state index contributed by atoms with van der Waals surface area (Å²) in [4.78, 5) is 5.71. The SMILES string of the molecule is COCCn1c(SCc2nc(-c3cccs3)oc2C)nnc1-c1cccc(C)c1. The van der Waals surface area contributed by atoms with Crippen LogP contribution in [0.5, 0.6) is 0 Å². The molecule has 0 radical (unpaired) electrons. The number of nitrogens with zero attached hydrogens (tertiary/aromatic N) is 4. The molecule has 0 saturated carbocycles. The van der Waals surface area contributed by atoms with Crippen molar-refractivity contribution >= 4 is 23.1 Å². The van der Waals surface area contributed by atoms with Crippen molar-refractivity contribution in [3.63, 3.8) is 0 Å². The number of methoxy groups -OCH3 is 1. The number of oxazole rings is 1. The maximum absolute atomic E-state index is 5.85. The smallest absolute Gasteiger partial charge is 0.236 e. The molecule has 0 aliphatic heterocycles. The predicted molar refractivity (Wildman–Crippen MR) is 116 cm³/mol. The van der Waals surface area contributed by atoms with Gasteiger partial charge in [-0.05, 0) is 31.4 Å². The van der Waals surface area contributed by atoms with Gasteiger partial charge in [-0.1, -0.05) is 41.6 Å². The third-order valence-corrected chi connectivity index (χ3v) is 6.31. The Balaban J connectivity index is 1.57. The van der Waals surface area contributed by atoms with E-state index >= 15 is 0 Å². The number of aryl methyl sites for hydroxylation is 2. The van der Waals surface area contributed by atoms with Crippen LogP contribution in [0.2, 0.25) is 0 Å². The Kier molecular flexibility index (Phi) is 6.13. The van der Waals surface area contributed by atoms with E-state index in [1.807, 2.05) is 30.5 Å². The van der Waals surface area contributed by atoms with Gasteiger partial charge in [-0.3, -0.25) is 4.57 Å². The number of aromatic nitrogens is 4. The zero-order valence-corrected chi connectivity index (χ0v) is 18.2. The highest BCUT2D eigenvalue weighted by molar-refractivity contribution is 7.98. The molecule has 6 nitrogen and oxygen atoms in total. The van der Waals surface area contributed by atoms with E-state index in [-0.39, 0.29) is 0 Å². The van der Waals surface area contributed by atoms with E-state index in [0.29, 0.717) is 24.8 Å². The molecule has 3 aromatic heterocycles. The van der Waals surface area contributed by atoms with Crippen molar-refractivity contribution in [2.24, 2.45) is 0 Å². The topological polar surface area (TPSA) is 66.0 Å². The van der Waals surface area contributed by atoms with Gasteiger partial charge in [0, 0.05) is 18.4 Å². The fourth-order valence-corrected chi connectivity index (χ4v) is 4.59. The van der Waals surface area contributed by atoms with Gasteiger partial charge in [-0.25, -0.2) is 4.98 Å². The van der Waals surface area contributed by atoms with Crippen molar-refractivity contribution in [3.05, 3.63) is 58.8 Å². The van der Waals surface area contributed by atoms with Crippen LogP contribution in [0, 0.1) is 13.8 Å². The highest BCUT2D eigenvalue weighted by atomic mass is 32.2. The van der Waals surface area contributed by atoms with E-state index < -0.39 is 0 Å². The summed E-state index contributed by atoms with van der Waals surface area (Å²) in [5.41, 5.74) is 3.17. The van der Waals surface area contributed by atoms with Crippen molar-refractivity contribution in [3.8, 4) is 22.2 Å². The lowest BCUT2D eigenvalue weighted by atomic mass is 10.1. The van der Waals surface area contributed by atoms with Crippen LogP contribution in [0.3, 0.4) is 0 Å². The molecule has 0 fully saturated rings. The molecule has 0 N–H and O–H groups in total. The molecule has 0 spiro atoms. The Morgan fingerprint density at radius 3 is 2.83 bits per heavy atom. The molecule has 0 bridgehead atoms. The highest BCUT2D eigenvalue weighted by Gasteiger charge is 2.17. The average molecular weight is 427 g/mol. The van der Waals surface area contributed by atoms with Crippen LogP contribution in [0.4, 0.5) is 0 Å². The van der Waals surface area contributed by atoms with Gasteiger partial charge >= 0.3 is 0 Å². The summed E-state index contributed by atoms with van der Waals surface area (Å²) in [5, 5.41) is 11.8. The summed E-state index contributed by atoms with van der Waals surface area (Å²) in [6, 6.07) is 12.3. The van der Waals surface area contributed by atoms with Gasteiger partial charge in [0.1, 0.15) is 5.76 Å². The minimum absolute atomic E-state index is 0.593. The van der Waals surface area contributed by atoms with E-state index in [1.165, 1.54) is 5.56 Å². The van der Waals surface area contributed by atoms with Gasteiger partial charge in [0.15, 0.2) is 11.0 Å². The van der Waals surface area contributed by atoms with E-state index in [9.17, 15) is 0 Å². The molecular formula is C21H22N4O2S2. The fourth-order valence-electron chi connectivity index (χ4n) is 2.98. The van der Waals surface area contributed by atoms with Crippen molar-refractivity contribution in [2.75, 3.05) is 13.7 Å². The third kappa shape index (κ3) is 4.44. The first-order chi connectivity index (χ1) is 14.2. The molecule has 0 aliphatic rings. The largest absolute Gasteiger partial charge is 0.440 e. The van der Waals surface area contributed by atoms with Crippen molar-refractivity contribution in [1.29, 1.82) is 0 Å². The molecule has 0 saturated heterocycles. The first kappa shape index (κ1) is 19.9. The van der Waals surface area contributed by atoms with Crippen LogP contribution in [0.15, 0.2) is 51.4 Å². The van der Waals surface area contributed by atoms with Crippen LogP contribution in [-0.2, 0) is 17.0 Å². The molecule has 3 heterocycles. The Morgan fingerprint density at radius 1 is 1.17 bits per heavy atom. The molecule has 0 atom stereocenters. The molecule has 4 rings (SSSR count). The van der Waals surface area contributed by atoms with Gasteiger partial charge in [0.05, 0.1) is 23.7 Å². The maximum Gasteiger partial charge on any atom is 0.236 e. The summed E-state index contributed by atoms with van der Waals surface area (Å²) in [7, 11) is 1.70. The van der Waals surface area contributed by atoms with Crippen LogP contribution >= 0.6 is 23.1 Å². The summed E-state index contributed by atoms with van der Waals surface area (Å²) in [6.07, 6.45) is 0. The molecule has 1 aromatic carbocycles. The minimum atomic E-state index is 0.593. The van der Waals surface area contributed by atoms with E-state index in [1.54, 1.807) is 30.2 Å². The minimum Gasteiger partial charge on any atom is -0.440 e. The summed E-state index contributed by atoms with van der Waals surface area (Å²) < 4.78 is 13.3. The molecule has 8 heteroatoms. The van der Waals surface area contributed by atoms with E-state index in [4.69, 9.17) is 9.15 Å². The molecule has 4 aromatic rings. The second-order valence-corrected chi connectivity index (χ2v) is 8.50. The Labute approximate surface area is 178 Å². The zero-order valence-electron chi connectivity index (χ0n) is 16.6. The Hall–Kier alpha value is -2.42. The molecular weight excluding hydrogens is 404 g/mol. The van der Waals surface area contributed by atoms with Crippen LogP contribution < -0.4 is 0 Å². The van der Waals surface area contributed by atoms with Crippen LogP contribution in [0.25, 0.3) is 22.2 Å². The average Bonchev–Trinajstić information content (AvgIpc) is 3.45. The molecule has 0 unspecified atom stereocenters. The van der Waals surface area contributed by atoms with Crippen LogP contribution in [-0.4, -0.2) is 33.5 Å². The van der Waals surface area contributed by atoms with Gasteiger partial charge in [0.2, 0.25) is 5.89 Å². The van der Waals surface area contributed by atoms with Gasteiger partial charge in [0.25, 0.3) is 0 Å².